The molecule has 0 atom stereocenters. The van der Waals surface area contributed by atoms with Crippen LogP contribution >= 0.6 is 35.6 Å². The lowest BCUT2D eigenvalue weighted by molar-refractivity contribution is 0.496. The zero-order valence-corrected chi connectivity index (χ0v) is 12.7. The summed E-state index contributed by atoms with van der Waals surface area (Å²) in [4.78, 5) is 0.190. The second kappa shape index (κ2) is 6.44. The van der Waals surface area contributed by atoms with E-state index in [2.05, 4.69) is 5.32 Å². The molecule has 1 aliphatic rings. The Morgan fingerprint density at radius 1 is 1.17 bits per heavy atom. The van der Waals surface area contributed by atoms with Crippen molar-refractivity contribution in [1.29, 1.82) is 0 Å². The van der Waals surface area contributed by atoms with Crippen LogP contribution in [0.5, 0.6) is 0 Å². The van der Waals surface area contributed by atoms with E-state index in [4.69, 9.17) is 23.2 Å². The first kappa shape index (κ1) is 16.1. The van der Waals surface area contributed by atoms with Crippen molar-refractivity contribution in [2.24, 2.45) is 0 Å². The second-order valence-corrected chi connectivity index (χ2v) is 7.11. The molecule has 1 aliphatic heterocycles. The van der Waals surface area contributed by atoms with Crippen LogP contribution in [0.25, 0.3) is 0 Å². The van der Waals surface area contributed by atoms with E-state index in [-0.39, 0.29) is 27.6 Å². The van der Waals surface area contributed by atoms with Crippen LogP contribution in [0.1, 0.15) is 12.8 Å². The molecule has 0 aliphatic carbocycles. The highest BCUT2D eigenvalue weighted by atomic mass is 35.5. The van der Waals surface area contributed by atoms with Crippen molar-refractivity contribution in [1.82, 2.24) is 5.32 Å². The minimum absolute atomic E-state index is 0. The summed E-state index contributed by atoms with van der Waals surface area (Å²) in [5.41, 5.74) is 0. The Bertz CT molecular complexity index is 513. The van der Waals surface area contributed by atoms with Gasteiger partial charge in [0, 0.05) is 5.02 Å². The third kappa shape index (κ3) is 3.31. The van der Waals surface area contributed by atoms with Crippen molar-refractivity contribution >= 4 is 45.4 Å². The Morgan fingerprint density at radius 2 is 1.78 bits per heavy atom. The first-order valence-electron chi connectivity index (χ1n) is 5.41. The normalized spacial score (nSPS) is 17.2. The van der Waals surface area contributed by atoms with Crippen molar-refractivity contribution in [3.8, 4) is 0 Å². The molecule has 3 nitrogen and oxygen atoms in total. The largest absolute Gasteiger partial charge is 0.317 e. The summed E-state index contributed by atoms with van der Waals surface area (Å²) in [6.45, 7) is 1.46. The molecule has 1 aromatic rings. The number of hydrogen-bond acceptors (Lipinski definition) is 3. The van der Waals surface area contributed by atoms with Crippen LogP contribution in [0.15, 0.2) is 23.1 Å². The summed E-state index contributed by atoms with van der Waals surface area (Å²) in [6, 6.07) is 4.51. The van der Waals surface area contributed by atoms with E-state index in [1.54, 1.807) is 6.07 Å². The van der Waals surface area contributed by atoms with Crippen LogP contribution in [0.4, 0.5) is 0 Å². The molecule has 0 saturated carbocycles. The fourth-order valence-electron chi connectivity index (χ4n) is 1.99. The van der Waals surface area contributed by atoms with E-state index < -0.39 is 9.84 Å². The van der Waals surface area contributed by atoms with Crippen LogP contribution in [-0.4, -0.2) is 26.8 Å². The van der Waals surface area contributed by atoms with Crippen molar-refractivity contribution in [3.63, 3.8) is 0 Å². The zero-order valence-electron chi connectivity index (χ0n) is 9.53. The summed E-state index contributed by atoms with van der Waals surface area (Å²) in [5, 5.41) is 3.45. The lowest BCUT2D eigenvalue weighted by atomic mass is 10.2. The maximum absolute atomic E-state index is 12.4. The molecular formula is C11H14Cl3NO2S. The SMILES string of the molecule is Cl.O=S(=O)(c1ccc(Cl)cc1Cl)C1CCNCC1. The van der Waals surface area contributed by atoms with Gasteiger partial charge < -0.3 is 5.32 Å². The molecule has 1 N–H and O–H groups in total. The van der Waals surface area contributed by atoms with Gasteiger partial charge in [-0.25, -0.2) is 8.42 Å². The van der Waals surface area contributed by atoms with E-state index in [1.807, 2.05) is 0 Å². The molecule has 0 radical (unpaired) electrons. The lowest BCUT2D eigenvalue weighted by Crippen LogP contribution is -2.35. The smallest absolute Gasteiger partial charge is 0.182 e. The highest BCUT2D eigenvalue weighted by Gasteiger charge is 2.30. The van der Waals surface area contributed by atoms with Gasteiger partial charge in [0.2, 0.25) is 0 Å². The first-order valence-corrected chi connectivity index (χ1v) is 7.72. The Morgan fingerprint density at radius 3 is 2.33 bits per heavy atom. The summed E-state index contributed by atoms with van der Waals surface area (Å²) in [5.74, 6) is 0. The zero-order chi connectivity index (χ0) is 12.5. The Kier molecular flexibility index (Phi) is 5.74. The van der Waals surface area contributed by atoms with Crippen LogP contribution in [0, 0.1) is 0 Å². The van der Waals surface area contributed by atoms with Crippen molar-refractivity contribution < 1.29 is 8.42 Å². The predicted molar refractivity (Wildman–Crippen MR) is 76.8 cm³/mol. The van der Waals surface area contributed by atoms with Crippen molar-refractivity contribution in [2.45, 2.75) is 23.0 Å². The fourth-order valence-corrected chi connectivity index (χ4v) is 4.53. The molecule has 1 heterocycles. The minimum Gasteiger partial charge on any atom is -0.317 e. The van der Waals surface area contributed by atoms with Crippen LogP contribution in [-0.2, 0) is 9.84 Å². The summed E-state index contributed by atoms with van der Waals surface area (Å²) in [6.07, 6.45) is 1.25. The number of hydrogen-bond donors (Lipinski definition) is 1. The fraction of sp³-hybridized carbons (Fsp3) is 0.455. The number of sulfone groups is 1. The van der Waals surface area contributed by atoms with Gasteiger partial charge in [0.1, 0.15) is 0 Å². The van der Waals surface area contributed by atoms with Crippen molar-refractivity contribution in [2.75, 3.05) is 13.1 Å². The molecule has 2 rings (SSSR count). The number of rotatable bonds is 2. The molecule has 0 spiro atoms. The molecule has 1 fully saturated rings. The molecule has 0 bridgehead atoms. The van der Waals surface area contributed by atoms with E-state index in [9.17, 15) is 8.42 Å². The van der Waals surface area contributed by atoms with Gasteiger partial charge in [0.25, 0.3) is 0 Å². The first-order chi connectivity index (χ1) is 8.01. The maximum atomic E-state index is 12.4. The topological polar surface area (TPSA) is 46.2 Å². The van der Waals surface area contributed by atoms with Gasteiger partial charge in [-0.2, -0.15) is 0 Å². The van der Waals surface area contributed by atoms with Crippen LogP contribution in [0.3, 0.4) is 0 Å². The molecule has 1 saturated heterocycles. The molecule has 1 aromatic carbocycles. The lowest BCUT2D eigenvalue weighted by Gasteiger charge is -2.23. The molecule has 0 amide bonds. The van der Waals surface area contributed by atoms with Gasteiger partial charge in [-0.05, 0) is 44.1 Å². The predicted octanol–water partition coefficient (Wildman–Crippen LogP) is 2.94. The number of halogens is 3. The van der Waals surface area contributed by atoms with Gasteiger partial charge in [0.15, 0.2) is 9.84 Å². The van der Waals surface area contributed by atoms with E-state index in [1.165, 1.54) is 12.1 Å². The quantitative estimate of drug-likeness (QED) is 0.907. The minimum atomic E-state index is -3.34. The molecule has 18 heavy (non-hydrogen) atoms. The molecular weight excluding hydrogens is 317 g/mol. The average molecular weight is 331 g/mol. The van der Waals surface area contributed by atoms with Crippen molar-refractivity contribution in [3.05, 3.63) is 28.2 Å². The molecule has 0 aromatic heterocycles. The van der Waals surface area contributed by atoms with E-state index in [0.29, 0.717) is 17.9 Å². The van der Waals surface area contributed by atoms with Gasteiger partial charge in [-0.15, -0.1) is 12.4 Å². The summed E-state index contributed by atoms with van der Waals surface area (Å²) < 4.78 is 24.7. The van der Waals surface area contributed by atoms with Gasteiger partial charge in [-0.1, -0.05) is 23.2 Å². The molecule has 7 heteroatoms. The monoisotopic (exact) mass is 329 g/mol. The van der Waals surface area contributed by atoms with E-state index >= 15 is 0 Å². The third-order valence-corrected chi connectivity index (χ3v) is 5.90. The third-order valence-electron chi connectivity index (χ3n) is 2.93. The van der Waals surface area contributed by atoms with Gasteiger partial charge >= 0.3 is 0 Å². The molecule has 0 unspecified atom stereocenters. The molecule has 102 valence electrons. The highest BCUT2D eigenvalue weighted by Crippen LogP contribution is 2.30. The standard InChI is InChI=1S/C11H13Cl2NO2S.ClH/c12-8-1-2-11(10(13)7-8)17(15,16)9-3-5-14-6-4-9;/h1-2,7,9,14H,3-6H2;1H. The summed E-state index contributed by atoms with van der Waals surface area (Å²) in [7, 11) is -3.34. The number of piperidine rings is 1. The Balaban J connectivity index is 0.00000162. The number of benzene rings is 1. The second-order valence-electron chi connectivity index (χ2n) is 4.07. The maximum Gasteiger partial charge on any atom is 0.182 e. The van der Waals surface area contributed by atoms with E-state index in [0.717, 1.165) is 13.1 Å². The number of nitrogens with one attached hydrogen (secondary N) is 1. The van der Waals surface area contributed by atoms with Gasteiger partial charge in [0.05, 0.1) is 15.2 Å². The average Bonchev–Trinajstić information content (AvgIpc) is 2.29. The summed E-state index contributed by atoms with van der Waals surface area (Å²) >= 11 is 11.7. The Labute approximate surface area is 123 Å². The van der Waals surface area contributed by atoms with Gasteiger partial charge in [-0.3, -0.25) is 0 Å². The van der Waals surface area contributed by atoms with Crippen LogP contribution in [0.2, 0.25) is 10.0 Å². The highest BCUT2D eigenvalue weighted by molar-refractivity contribution is 7.92. The van der Waals surface area contributed by atoms with Crippen LogP contribution < -0.4 is 5.32 Å². The Hall–Kier alpha value is -0.000000000000000132.